The number of hydrogen-bond acceptors (Lipinski definition) is 3. The average molecular weight is 350 g/mol. The maximum absolute atomic E-state index is 14.4. The van der Waals surface area contributed by atoms with E-state index < -0.39 is 0 Å². The molecule has 0 amide bonds. The molecule has 2 aromatic heterocycles. The molecule has 2 N–H and O–H groups in total. The highest BCUT2D eigenvalue weighted by Crippen LogP contribution is 2.24. The number of aromatic nitrogens is 3. The van der Waals surface area contributed by atoms with E-state index in [-0.39, 0.29) is 11.4 Å². The lowest BCUT2D eigenvalue weighted by Crippen LogP contribution is -2.19. The number of para-hydroxylation sites is 2. The summed E-state index contributed by atoms with van der Waals surface area (Å²) < 4.78 is 15.9. The van der Waals surface area contributed by atoms with Crippen molar-refractivity contribution in [2.75, 3.05) is 11.9 Å². The summed E-state index contributed by atoms with van der Waals surface area (Å²) in [6.07, 6.45) is 0. The van der Waals surface area contributed by atoms with Gasteiger partial charge in [0.05, 0.1) is 22.2 Å². The van der Waals surface area contributed by atoms with E-state index in [9.17, 15) is 9.18 Å². The zero-order valence-corrected chi connectivity index (χ0v) is 14.6. The minimum absolute atomic E-state index is 0.224. The van der Waals surface area contributed by atoms with Crippen LogP contribution in [0.2, 0.25) is 0 Å². The first-order chi connectivity index (χ1) is 12.5. The van der Waals surface area contributed by atoms with Crippen LogP contribution in [0.25, 0.3) is 27.9 Å². The molecule has 2 aromatic carbocycles. The Bertz CT molecular complexity index is 1130. The molecule has 4 rings (SSSR count). The second kappa shape index (κ2) is 6.29. The van der Waals surface area contributed by atoms with Crippen molar-refractivity contribution in [2.24, 2.45) is 5.92 Å². The highest BCUT2D eigenvalue weighted by atomic mass is 19.1. The Morgan fingerprint density at radius 1 is 1.19 bits per heavy atom. The molecule has 0 saturated heterocycles. The fourth-order valence-corrected chi connectivity index (χ4v) is 2.97. The Labute approximate surface area is 149 Å². The van der Waals surface area contributed by atoms with E-state index in [1.165, 1.54) is 16.7 Å². The van der Waals surface area contributed by atoms with Crippen molar-refractivity contribution in [1.82, 2.24) is 14.5 Å². The number of benzene rings is 2. The van der Waals surface area contributed by atoms with Gasteiger partial charge in [0.25, 0.3) is 5.56 Å². The Hall–Kier alpha value is -3.15. The normalized spacial score (nSPS) is 11.5. The molecule has 0 atom stereocenters. The van der Waals surface area contributed by atoms with Crippen LogP contribution in [0, 0.1) is 11.7 Å². The van der Waals surface area contributed by atoms with Gasteiger partial charge in [-0.3, -0.25) is 4.79 Å². The van der Waals surface area contributed by atoms with E-state index in [1.54, 1.807) is 12.1 Å². The summed E-state index contributed by atoms with van der Waals surface area (Å²) in [5.41, 5.74) is 2.36. The topological polar surface area (TPSA) is 62.7 Å². The third-order valence-electron chi connectivity index (χ3n) is 4.27. The third-order valence-corrected chi connectivity index (χ3v) is 4.27. The zero-order valence-electron chi connectivity index (χ0n) is 14.6. The molecule has 0 aliphatic carbocycles. The molecule has 0 spiro atoms. The minimum Gasteiger partial charge on any atom is -0.382 e. The van der Waals surface area contributed by atoms with Crippen molar-refractivity contribution >= 4 is 27.6 Å². The predicted molar refractivity (Wildman–Crippen MR) is 102 cm³/mol. The molecule has 2 heterocycles. The number of nitrogens with one attached hydrogen (secondary N) is 2. The second-order valence-corrected chi connectivity index (χ2v) is 6.75. The van der Waals surface area contributed by atoms with Crippen molar-refractivity contribution in [3.63, 3.8) is 0 Å². The molecule has 5 nitrogen and oxygen atoms in total. The smallest absolute Gasteiger partial charge is 0.257 e. The molecular weight excluding hydrogens is 331 g/mol. The average Bonchev–Trinajstić information content (AvgIpc) is 3.03. The van der Waals surface area contributed by atoms with Gasteiger partial charge in [0.15, 0.2) is 0 Å². The molecule has 0 saturated carbocycles. The van der Waals surface area contributed by atoms with Gasteiger partial charge in [-0.15, -0.1) is 0 Å². The van der Waals surface area contributed by atoms with E-state index in [2.05, 4.69) is 29.1 Å². The number of fused-ring (bicyclic) bond motifs is 2. The zero-order chi connectivity index (χ0) is 18.3. The van der Waals surface area contributed by atoms with Crippen molar-refractivity contribution < 1.29 is 4.39 Å². The molecule has 0 aliphatic rings. The first-order valence-corrected chi connectivity index (χ1v) is 8.57. The molecule has 0 unspecified atom stereocenters. The molecule has 6 heteroatoms. The molecule has 0 radical (unpaired) electrons. The van der Waals surface area contributed by atoms with E-state index in [4.69, 9.17) is 0 Å². The molecule has 0 aliphatic heterocycles. The number of nitrogens with zero attached hydrogens (tertiary/aromatic N) is 2. The van der Waals surface area contributed by atoms with Crippen LogP contribution in [-0.2, 0) is 0 Å². The van der Waals surface area contributed by atoms with Crippen LogP contribution in [0.15, 0.2) is 53.3 Å². The lowest BCUT2D eigenvalue weighted by atomic mass is 10.1. The number of pyridine rings is 1. The summed E-state index contributed by atoms with van der Waals surface area (Å²) >= 11 is 0. The fraction of sp³-hybridized carbons (Fsp3) is 0.200. The van der Waals surface area contributed by atoms with Crippen LogP contribution < -0.4 is 10.9 Å². The number of halogens is 1. The summed E-state index contributed by atoms with van der Waals surface area (Å²) in [5.74, 6) is 0.453. The van der Waals surface area contributed by atoms with Crippen LogP contribution >= 0.6 is 0 Å². The van der Waals surface area contributed by atoms with E-state index in [0.717, 1.165) is 11.0 Å². The first kappa shape index (κ1) is 16.3. The standard InChI is InChI=1S/C20H19FN4O/c1-12(2)11-22-17-10-18-13(9-14(17)21)7-8-19(26)25(18)20-23-15-5-3-4-6-16(15)24-20/h3-10,12,22H,11H2,1-2H3,(H,23,24). The van der Waals surface area contributed by atoms with Gasteiger partial charge in [0, 0.05) is 18.0 Å². The number of aromatic amines is 1. The Kier molecular flexibility index (Phi) is 3.95. The van der Waals surface area contributed by atoms with Gasteiger partial charge in [-0.1, -0.05) is 26.0 Å². The molecule has 132 valence electrons. The summed E-state index contributed by atoms with van der Waals surface area (Å²) in [4.78, 5) is 20.2. The Morgan fingerprint density at radius 3 is 2.77 bits per heavy atom. The number of H-pyrrole nitrogens is 1. The SMILES string of the molecule is CC(C)CNc1cc2c(ccc(=O)n2-c2nc3ccccc3[nH]2)cc1F. The Balaban J connectivity index is 1.93. The van der Waals surface area contributed by atoms with Crippen molar-refractivity contribution in [2.45, 2.75) is 13.8 Å². The van der Waals surface area contributed by atoms with Gasteiger partial charge in [-0.2, -0.15) is 0 Å². The van der Waals surface area contributed by atoms with Crippen LogP contribution in [-0.4, -0.2) is 21.1 Å². The van der Waals surface area contributed by atoms with Crippen molar-refractivity contribution in [3.8, 4) is 5.95 Å². The van der Waals surface area contributed by atoms with Crippen LogP contribution in [0.1, 0.15) is 13.8 Å². The lowest BCUT2D eigenvalue weighted by Gasteiger charge is -2.13. The van der Waals surface area contributed by atoms with Gasteiger partial charge >= 0.3 is 0 Å². The van der Waals surface area contributed by atoms with Gasteiger partial charge in [0.1, 0.15) is 5.82 Å². The highest BCUT2D eigenvalue weighted by Gasteiger charge is 2.13. The largest absolute Gasteiger partial charge is 0.382 e. The summed E-state index contributed by atoms with van der Waals surface area (Å²) in [5, 5.41) is 3.74. The summed E-state index contributed by atoms with van der Waals surface area (Å²) in [6.45, 7) is 4.75. The molecule has 4 aromatic rings. The van der Waals surface area contributed by atoms with Gasteiger partial charge in [0.2, 0.25) is 5.95 Å². The van der Waals surface area contributed by atoms with Gasteiger partial charge < -0.3 is 10.3 Å². The molecule has 26 heavy (non-hydrogen) atoms. The second-order valence-electron chi connectivity index (χ2n) is 6.75. The lowest BCUT2D eigenvalue weighted by molar-refractivity contribution is 0.625. The highest BCUT2D eigenvalue weighted by molar-refractivity contribution is 5.85. The number of imidazole rings is 1. The monoisotopic (exact) mass is 350 g/mol. The molecule has 0 bridgehead atoms. The fourth-order valence-electron chi connectivity index (χ4n) is 2.97. The molecule has 0 fully saturated rings. The predicted octanol–water partition coefficient (Wildman–Crippen LogP) is 4.07. The minimum atomic E-state index is -0.340. The summed E-state index contributed by atoms with van der Waals surface area (Å²) in [6, 6.07) is 13.7. The third kappa shape index (κ3) is 2.83. The quantitative estimate of drug-likeness (QED) is 0.583. The number of rotatable bonds is 4. The number of anilines is 1. The van der Waals surface area contributed by atoms with Crippen molar-refractivity contribution in [1.29, 1.82) is 0 Å². The van der Waals surface area contributed by atoms with E-state index >= 15 is 0 Å². The van der Waals surface area contributed by atoms with E-state index in [0.29, 0.717) is 35.0 Å². The van der Waals surface area contributed by atoms with Crippen LogP contribution in [0.4, 0.5) is 10.1 Å². The Morgan fingerprint density at radius 2 is 2.00 bits per heavy atom. The van der Waals surface area contributed by atoms with Gasteiger partial charge in [-0.25, -0.2) is 13.9 Å². The maximum Gasteiger partial charge on any atom is 0.257 e. The first-order valence-electron chi connectivity index (χ1n) is 8.57. The van der Waals surface area contributed by atoms with Gasteiger partial charge in [-0.05, 0) is 36.2 Å². The van der Waals surface area contributed by atoms with Crippen LogP contribution in [0.3, 0.4) is 0 Å². The van der Waals surface area contributed by atoms with Crippen LogP contribution in [0.5, 0.6) is 0 Å². The summed E-state index contributed by atoms with van der Waals surface area (Å²) in [7, 11) is 0. The van der Waals surface area contributed by atoms with Crippen molar-refractivity contribution in [3.05, 3.63) is 64.7 Å². The van der Waals surface area contributed by atoms with E-state index in [1.807, 2.05) is 24.3 Å². The number of hydrogen-bond donors (Lipinski definition) is 2. The molecular formula is C20H19FN4O. The maximum atomic E-state index is 14.4.